The molecule has 3 atom stereocenters. The molecular formula is C17H20N2O2S. The number of hydrogen-bond donors (Lipinski definition) is 1. The molecule has 1 fully saturated rings. The van der Waals surface area contributed by atoms with Gasteiger partial charge in [0.15, 0.2) is 0 Å². The van der Waals surface area contributed by atoms with Crippen LogP contribution in [0.25, 0.3) is 0 Å². The first-order chi connectivity index (χ1) is 10.8. The summed E-state index contributed by atoms with van der Waals surface area (Å²) in [5, 5.41) is 4.89. The van der Waals surface area contributed by atoms with Gasteiger partial charge in [0.05, 0.1) is 12.1 Å². The van der Waals surface area contributed by atoms with Crippen molar-refractivity contribution in [1.82, 2.24) is 9.69 Å². The smallest absolute Gasteiger partial charge is 0.271 e. The Hall–Kier alpha value is -1.72. The van der Waals surface area contributed by atoms with Crippen LogP contribution in [0.4, 0.5) is 0 Å². The molecular weight excluding hydrogens is 296 g/mol. The summed E-state index contributed by atoms with van der Waals surface area (Å²) in [7, 11) is 1.72. The predicted octanol–water partition coefficient (Wildman–Crippen LogP) is 3.22. The first-order valence-electron chi connectivity index (χ1n) is 7.57. The molecule has 1 aliphatic carbocycles. The number of nitrogens with one attached hydrogen (secondary N) is 1. The van der Waals surface area contributed by atoms with Crippen molar-refractivity contribution in [3.63, 3.8) is 0 Å². The predicted molar refractivity (Wildman–Crippen MR) is 87.2 cm³/mol. The molecule has 0 radical (unpaired) electrons. The molecule has 2 aromatic rings. The van der Waals surface area contributed by atoms with Crippen molar-refractivity contribution < 1.29 is 9.53 Å². The maximum Gasteiger partial charge on any atom is 0.271 e. The minimum atomic E-state index is -0.105. The van der Waals surface area contributed by atoms with Crippen LogP contribution in [0, 0.1) is 0 Å². The molecule has 0 unspecified atom stereocenters. The van der Waals surface area contributed by atoms with E-state index in [1.54, 1.807) is 13.2 Å². The lowest BCUT2D eigenvalue weighted by molar-refractivity contribution is 0.0329. The molecule has 0 spiro atoms. The Bertz CT molecular complexity index is 600. The second-order valence-corrected chi connectivity index (χ2v) is 6.33. The number of aromatic nitrogens is 1. The van der Waals surface area contributed by atoms with E-state index < -0.39 is 0 Å². The van der Waals surface area contributed by atoms with Crippen molar-refractivity contribution in [1.29, 1.82) is 0 Å². The Balaban J connectivity index is 1.64. The number of nitrogens with zero attached hydrogens (tertiary/aromatic N) is 1. The van der Waals surface area contributed by atoms with E-state index in [4.69, 9.17) is 4.74 Å². The molecule has 1 aliphatic rings. The lowest BCUT2D eigenvalue weighted by Crippen LogP contribution is -2.47. The van der Waals surface area contributed by atoms with Gasteiger partial charge >= 0.3 is 0 Å². The summed E-state index contributed by atoms with van der Waals surface area (Å²) in [5.41, 5.74) is 1.85. The topological polar surface area (TPSA) is 51.2 Å². The molecule has 1 saturated carbocycles. The van der Waals surface area contributed by atoms with Crippen LogP contribution in [0.2, 0.25) is 0 Å². The minimum absolute atomic E-state index is 0.0431. The van der Waals surface area contributed by atoms with Gasteiger partial charge in [-0.2, -0.15) is 4.37 Å². The maximum absolute atomic E-state index is 12.2. The Morgan fingerprint density at radius 2 is 2.09 bits per heavy atom. The van der Waals surface area contributed by atoms with Crippen LogP contribution in [0.3, 0.4) is 0 Å². The number of methoxy groups -OCH3 is 1. The van der Waals surface area contributed by atoms with Gasteiger partial charge in [-0.05, 0) is 48.3 Å². The van der Waals surface area contributed by atoms with Crippen LogP contribution in [0.15, 0.2) is 41.8 Å². The van der Waals surface area contributed by atoms with E-state index in [2.05, 4.69) is 34.0 Å². The average molecular weight is 316 g/mol. The molecule has 3 rings (SSSR count). The fraction of sp³-hybridized carbons (Fsp3) is 0.412. The standard InChI is InChI=1S/C17H20N2O2S/c1-21-16-11-13(12-5-3-2-4-6-12)7-8-14(16)18-17(20)15-9-10-22-19-15/h2-6,9-10,13-14,16H,7-8,11H2,1H3,(H,18,20)/t13-,14+,16-/m1/s1. The molecule has 0 bridgehead atoms. The summed E-state index contributed by atoms with van der Waals surface area (Å²) in [6.45, 7) is 0. The molecule has 0 saturated heterocycles. The fourth-order valence-electron chi connectivity index (χ4n) is 3.15. The fourth-order valence-corrected chi connectivity index (χ4v) is 3.66. The second-order valence-electron chi connectivity index (χ2n) is 5.66. The van der Waals surface area contributed by atoms with Gasteiger partial charge in [0.25, 0.3) is 5.91 Å². The second kappa shape index (κ2) is 7.03. The summed E-state index contributed by atoms with van der Waals surface area (Å²) in [6.07, 6.45) is 2.96. The lowest BCUT2D eigenvalue weighted by atomic mass is 9.80. The number of carbonyl (C=O) groups is 1. The molecule has 116 valence electrons. The van der Waals surface area contributed by atoms with E-state index in [1.807, 2.05) is 11.4 Å². The monoisotopic (exact) mass is 316 g/mol. The summed E-state index contributed by atoms with van der Waals surface area (Å²) in [4.78, 5) is 12.2. The third kappa shape index (κ3) is 3.36. The van der Waals surface area contributed by atoms with Crippen molar-refractivity contribution in [2.45, 2.75) is 37.3 Å². The van der Waals surface area contributed by atoms with Crippen molar-refractivity contribution >= 4 is 17.4 Å². The zero-order valence-electron chi connectivity index (χ0n) is 12.6. The van der Waals surface area contributed by atoms with E-state index in [0.29, 0.717) is 11.6 Å². The van der Waals surface area contributed by atoms with Crippen LogP contribution in [-0.2, 0) is 4.74 Å². The van der Waals surface area contributed by atoms with Crippen LogP contribution < -0.4 is 5.32 Å². The Labute approximate surface area is 134 Å². The molecule has 5 heteroatoms. The van der Waals surface area contributed by atoms with Gasteiger partial charge in [-0.1, -0.05) is 30.3 Å². The van der Waals surface area contributed by atoms with Crippen molar-refractivity contribution in [3.05, 3.63) is 53.0 Å². The number of hydrogen-bond acceptors (Lipinski definition) is 4. The maximum atomic E-state index is 12.2. The zero-order chi connectivity index (χ0) is 15.4. The quantitative estimate of drug-likeness (QED) is 0.942. The Kier molecular flexibility index (Phi) is 4.85. The summed E-state index contributed by atoms with van der Waals surface area (Å²) in [5.74, 6) is 0.394. The highest BCUT2D eigenvalue weighted by Gasteiger charge is 2.32. The van der Waals surface area contributed by atoms with Crippen LogP contribution in [0.1, 0.15) is 41.2 Å². The van der Waals surface area contributed by atoms with Crippen molar-refractivity contribution in [3.8, 4) is 0 Å². The average Bonchev–Trinajstić information content (AvgIpc) is 3.10. The van der Waals surface area contributed by atoms with E-state index in [1.165, 1.54) is 17.1 Å². The van der Waals surface area contributed by atoms with E-state index in [-0.39, 0.29) is 18.1 Å². The Morgan fingerprint density at radius 1 is 1.27 bits per heavy atom. The molecule has 1 aromatic heterocycles. The van der Waals surface area contributed by atoms with Crippen molar-refractivity contribution in [2.75, 3.05) is 7.11 Å². The van der Waals surface area contributed by atoms with Crippen molar-refractivity contribution in [2.24, 2.45) is 0 Å². The van der Waals surface area contributed by atoms with Gasteiger partial charge in [0.1, 0.15) is 5.69 Å². The number of ether oxygens (including phenoxy) is 1. The summed E-state index contributed by atoms with van der Waals surface area (Å²) < 4.78 is 9.73. The highest BCUT2D eigenvalue weighted by molar-refractivity contribution is 7.03. The normalized spacial score (nSPS) is 24.9. The largest absolute Gasteiger partial charge is 0.379 e. The van der Waals surface area contributed by atoms with Gasteiger partial charge in [0, 0.05) is 12.5 Å². The highest BCUT2D eigenvalue weighted by Crippen LogP contribution is 2.34. The molecule has 1 amide bonds. The van der Waals surface area contributed by atoms with Gasteiger partial charge in [-0.3, -0.25) is 4.79 Å². The van der Waals surface area contributed by atoms with Gasteiger partial charge in [-0.15, -0.1) is 0 Å². The molecule has 22 heavy (non-hydrogen) atoms. The first kappa shape index (κ1) is 15.2. The van der Waals surface area contributed by atoms with Crippen LogP contribution in [-0.4, -0.2) is 29.5 Å². The molecule has 1 aromatic carbocycles. The molecule has 4 nitrogen and oxygen atoms in total. The summed E-state index contributed by atoms with van der Waals surface area (Å²) >= 11 is 1.29. The highest BCUT2D eigenvalue weighted by atomic mass is 32.1. The van der Waals surface area contributed by atoms with E-state index in [0.717, 1.165) is 19.3 Å². The number of amides is 1. The van der Waals surface area contributed by atoms with Gasteiger partial charge in [-0.25, -0.2) is 0 Å². The third-order valence-corrected chi connectivity index (χ3v) is 4.91. The number of benzene rings is 1. The number of rotatable bonds is 4. The third-order valence-electron chi connectivity index (χ3n) is 4.35. The van der Waals surface area contributed by atoms with Gasteiger partial charge < -0.3 is 10.1 Å². The van der Waals surface area contributed by atoms with Gasteiger partial charge in [0.2, 0.25) is 0 Å². The molecule has 1 heterocycles. The van der Waals surface area contributed by atoms with E-state index >= 15 is 0 Å². The zero-order valence-corrected chi connectivity index (χ0v) is 13.4. The summed E-state index contributed by atoms with van der Waals surface area (Å²) in [6, 6.07) is 12.3. The van der Waals surface area contributed by atoms with Crippen LogP contribution in [0.5, 0.6) is 0 Å². The first-order valence-corrected chi connectivity index (χ1v) is 8.40. The molecule has 1 N–H and O–H groups in total. The van der Waals surface area contributed by atoms with E-state index in [9.17, 15) is 4.79 Å². The number of carbonyl (C=O) groups excluding carboxylic acids is 1. The lowest BCUT2D eigenvalue weighted by Gasteiger charge is -2.35. The molecule has 0 aliphatic heterocycles. The SMILES string of the molecule is CO[C@@H]1C[C@H](c2ccccc2)CC[C@@H]1NC(=O)c1ccsn1. The Morgan fingerprint density at radius 3 is 2.77 bits per heavy atom. The van der Waals surface area contributed by atoms with Crippen LogP contribution >= 0.6 is 11.5 Å². The minimum Gasteiger partial charge on any atom is -0.379 e.